The molecule has 0 atom stereocenters. The molecule has 4 heteroatoms. The predicted octanol–water partition coefficient (Wildman–Crippen LogP) is 2.22. The highest BCUT2D eigenvalue weighted by atomic mass is 16.3. The van der Waals surface area contributed by atoms with E-state index in [2.05, 4.69) is 10.5 Å². The molecular formula is C13H14N2O2. The third-order valence-corrected chi connectivity index (χ3v) is 2.64. The van der Waals surface area contributed by atoms with Gasteiger partial charge in [0.25, 0.3) is 5.91 Å². The smallest absolute Gasteiger partial charge is 0.275 e. The number of aromatic hydroxyl groups is 1. The van der Waals surface area contributed by atoms with Crippen molar-refractivity contribution in [3.8, 4) is 5.75 Å². The van der Waals surface area contributed by atoms with E-state index in [1.165, 1.54) is 11.6 Å². The quantitative estimate of drug-likeness (QED) is 0.765. The number of phenols is 1. The number of benzene rings is 1. The van der Waals surface area contributed by atoms with Gasteiger partial charge in [-0.25, -0.2) is 5.43 Å². The monoisotopic (exact) mass is 230 g/mol. The Hall–Kier alpha value is -2.10. The van der Waals surface area contributed by atoms with Gasteiger partial charge in [-0.05, 0) is 38.0 Å². The van der Waals surface area contributed by atoms with Crippen molar-refractivity contribution in [3.63, 3.8) is 0 Å². The highest BCUT2D eigenvalue weighted by molar-refractivity contribution is 6.01. The lowest BCUT2D eigenvalue weighted by Gasteiger charge is -2.02. The van der Waals surface area contributed by atoms with Crippen molar-refractivity contribution in [1.82, 2.24) is 5.43 Å². The molecule has 0 aromatic heterocycles. The maximum atomic E-state index is 11.7. The summed E-state index contributed by atoms with van der Waals surface area (Å²) in [5, 5.41) is 13.5. The van der Waals surface area contributed by atoms with Crippen LogP contribution in [0.2, 0.25) is 0 Å². The fourth-order valence-electron chi connectivity index (χ4n) is 1.69. The summed E-state index contributed by atoms with van der Waals surface area (Å²) in [5.74, 6) is -0.433. The number of para-hydroxylation sites is 1. The number of rotatable bonds is 2. The maximum absolute atomic E-state index is 11.7. The zero-order valence-electron chi connectivity index (χ0n) is 9.60. The Kier molecular flexibility index (Phi) is 3.23. The molecule has 0 aliphatic heterocycles. The van der Waals surface area contributed by atoms with Gasteiger partial charge in [0.2, 0.25) is 0 Å². The van der Waals surface area contributed by atoms with Gasteiger partial charge in [-0.15, -0.1) is 0 Å². The maximum Gasteiger partial charge on any atom is 0.275 e. The summed E-state index contributed by atoms with van der Waals surface area (Å²) in [6, 6.07) is 6.39. The number of carbonyl (C=O) groups excluding carboxylic acids is 1. The van der Waals surface area contributed by atoms with Crippen LogP contribution in [0.25, 0.3) is 0 Å². The van der Waals surface area contributed by atoms with E-state index < -0.39 is 5.91 Å². The van der Waals surface area contributed by atoms with Gasteiger partial charge >= 0.3 is 0 Å². The molecule has 0 saturated carbocycles. The molecule has 1 aromatic carbocycles. The molecule has 0 fully saturated rings. The third kappa shape index (κ3) is 2.72. The van der Waals surface area contributed by atoms with Crippen LogP contribution < -0.4 is 5.43 Å². The third-order valence-electron chi connectivity index (χ3n) is 2.64. The average Bonchev–Trinajstić information content (AvgIpc) is 2.73. The first-order valence-corrected chi connectivity index (χ1v) is 5.49. The molecule has 0 saturated heterocycles. The number of amides is 1. The van der Waals surface area contributed by atoms with Crippen LogP contribution in [0.4, 0.5) is 0 Å². The molecule has 2 N–H and O–H groups in total. The van der Waals surface area contributed by atoms with E-state index in [0.29, 0.717) is 0 Å². The lowest BCUT2D eigenvalue weighted by atomic mass is 10.2. The van der Waals surface area contributed by atoms with Crippen LogP contribution in [0.1, 0.15) is 30.1 Å². The lowest BCUT2D eigenvalue weighted by Crippen LogP contribution is -2.18. The molecule has 2 rings (SSSR count). The molecule has 0 heterocycles. The fourth-order valence-corrected chi connectivity index (χ4v) is 1.69. The highest BCUT2D eigenvalue weighted by Crippen LogP contribution is 2.16. The van der Waals surface area contributed by atoms with Crippen LogP contribution in [-0.4, -0.2) is 16.7 Å². The van der Waals surface area contributed by atoms with E-state index in [0.717, 1.165) is 18.6 Å². The average molecular weight is 230 g/mol. The molecular weight excluding hydrogens is 216 g/mol. The Morgan fingerprint density at radius 3 is 2.76 bits per heavy atom. The molecule has 88 valence electrons. The Morgan fingerprint density at radius 1 is 1.35 bits per heavy atom. The number of phenolic OH excluding ortho intramolecular Hbond substituents is 1. The second-order valence-corrected chi connectivity index (χ2v) is 4.05. The first-order valence-electron chi connectivity index (χ1n) is 5.49. The number of hydrogen-bond acceptors (Lipinski definition) is 3. The van der Waals surface area contributed by atoms with E-state index in [1.807, 2.05) is 13.0 Å². The molecule has 0 unspecified atom stereocenters. The van der Waals surface area contributed by atoms with Crippen molar-refractivity contribution in [3.05, 3.63) is 41.5 Å². The molecule has 1 aliphatic carbocycles. The molecule has 1 amide bonds. The van der Waals surface area contributed by atoms with Gasteiger partial charge in [0.15, 0.2) is 0 Å². The van der Waals surface area contributed by atoms with Crippen LogP contribution in [0.5, 0.6) is 5.75 Å². The van der Waals surface area contributed by atoms with Crippen molar-refractivity contribution < 1.29 is 9.90 Å². The van der Waals surface area contributed by atoms with Crippen LogP contribution in [0, 0.1) is 0 Å². The summed E-state index contributed by atoms with van der Waals surface area (Å²) in [6.45, 7) is 2.04. The van der Waals surface area contributed by atoms with Crippen LogP contribution in [0.15, 0.2) is 41.0 Å². The minimum absolute atomic E-state index is 0.0386. The van der Waals surface area contributed by atoms with Gasteiger partial charge in [-0.1, -0.05) is 17.7 Å². The molecule has 1 aliphatic rings. The SMILES string of the molecule is CC1=CC(=NNC(=O)c2ccccc2O)CC1. The minimum atomic E-state index is -0.395. The number of hydrazone groups is 1. The molecule has 0 spiro atoms. The summed E-state index contributed by atoms with van der Waals surface area (Å²) in [5.41, 5.74) is 4.81. The summed E-state index contributed by atoms with van der Waals surface area (Å²) >= 11 is 0. The number of allylic oxidation sites excluding steroid dienone is 2. The number of hydrogen-bond donors (Lipinski definition) is 2. The largest absolute Gasteiger partial charge is 0.507 e. The summed E-state index contributed by atoms with van der Waals surface area (Å²) in [6.07, 6.45) is 3.81. The van der Waals surface area contributed by atoms with Gasteiger partial charge in [0, 0.05) is 0 Å². The second-order valence-electron chi connectivity index (χ2n) is 4.05. The zero-order valence-corrected chi connectivity index (χ0v) is 9.60. The number of carbonyl (C=O) groups is 1. The van der Waals surface area contributed by atoms with Crippen molar-refractivity contribution in [2.75, 3.05) is 0 Å². The van der Waals surface area contributed by atoms with Crippen molar-refractivity contribution in [1.29, 1.82) is 0 Å². The summed E-state index contributed by atoms with van der Waals surface area (Å²) in [4.78, 5) is 11.7. The fraction of sp³-hybridized carbons (Fsp3) is 0.231. The van der Waals surface area contributed by atoms with Crippen LogP contribution in [-0.2, 0) is 0 Å². The van der Waals surface area contributed by atoms with E-state index in [1.54, 1.807) is 18.2 Å². The van der Waals surface area contributed by atoms with Gasteiger partial charge in [0.05, 0.1) is 11.3 Å². The standard InChI is InChI=1S/C13H14N2O2/c1-9-6-7-10(8-9)14-15-13(17)11-4-2-3-5-12(11)16/h2-5,8,16H,6-7H2,1H3,(H,15,17). The number of nitrogens with one attached hydrogen (secondary N) is 1. The summed E-state index contributed by atoms with van der Waals surface area (Å²) < 4.78 is 0. The lowest BCUT2D eigenvalue weighted by molar-refractivity contribution is 0.0952. The van der Waals surface area contributed by atoms with Gasteiger partial charge in [-0.3, -0.25) is 4.79 Å². The zero-order chi connectivity index (χ0) is 12.3. The Balaban J connectivity index is 2.06. The second kappa shape index (κ2) is 4.82. The predicted molar refractivity (Wildman–Crippen MR) is 66.0 cm³/mol. The Morgan fingerprint density at radius 2 is 2.12 bits per heavy atom. The summed E-state index contributed by atoms with van der Waals surface area (Å²) in [7, 11) is 0. The van der Waals surface area contributed by atoms with Crippen molar-refractivity contribution >= 4 is 11.6 Å². The Labute approximate surface area is 99.7 Å². The van der Waals surface area contributed by atoms with E-state index in [9.17, 15) is 9.90 Å². The Bertz CT molecular complexity index is 504. The first-order chi connectivity index (χ1) is 8.16. The first kappa shape index (κ1) is 11.4. The van der Waals surface area contributed by atoms with E-state index >= 15 is 0 Å². The molecule has 0 bridgehead atoms. The van der Waals surface area contributed by atoms with Gasteiger partial charge < -0.3 is 5.11 Å². The van der Waals surface area contributed by atoms with E-state index in [-0.39, 0.29) is 11.3 Å². The normalized spacial score (nSPS) is 17.0. The van der Waals surface area contributed by atoms with Gasteiger partial charge in [-0.2, -0.15) is 5.10 Å². The van der Waals surface area contributed by atoms with Crippen molar-refractivity contribution in [2.45, 2.75) is 19.8 Å². The molecule has 17 heavy (non-hydrogen) atoms. The highest BCUT2D eigenvalue weighted by Gasteiger charge is 2.11. The topological polar surface area (TPSA) is 61.7 Å². The number of nitrogens with zero attached hydrogens (tertiary/aromatic N) is 1. The van der Waals surface area contributed by atoms with Crippen molar-refractivity contribution in [2.24, 2.45) is 5.10 Å². The molecule has 4 nitrogen and oxygen atoms in total. The molecule has 0 radical (unpaired) electrons. The van der Waals surface area contributed by atoms with E-state index in [4.69, 9.17) is 0 Å². The minimum Gasteiger partial charge on any atom is -0.507 e. The van der Waals surface area contributed by atoms with Gasteiger partial charge in [0.1, 0.15) is 5.75 Å². The van der Waals surface area contributed by atoms with Crippen LogP contribution >= 0.6 is 0 Å². The van der Waals surface area contributed by atoms with Crippen LogP contribution in [0.3, 0.4) is 0 Å². The molecule has 1 aromatic rings.